The average Bonchev–Trinajstić information content (AvgIpc) is 3.28. The van der Waals surface area contributed by atoms with Gasteiger partial charge in [-0.05, 0) is 36.8 Å². The monoisotopic (exact) mass is 436 g/mol. The molecule has 0 radical (unpaired) electrons. The summed E-state index contributed by atoms with van der Waals surface area (Å²) in [6.45, 7) is 0.101. The lowest BCUT2D eigenvalue weighted by Gasteiger charge is -2.13. The normalized spacial score (nSPS) is 12.8. The summed E-state index contributed by atoms with van der Waals surface area (Å²) < 4.78 is 15.5. The third-order valence-corrected chi connectivity index (χ3v) is 5.19. The number of rotatable bonds is 7. The molecule has 1 aliphatic heterocycles. The molecule has 2 aromatic carbocycles. The van der Waals surface area contributed by atoms with E-state index >= 15 is 0 Å². The molecular formula is C23H20N2O7. The molecule has 9 heteroatoms. The molecule has 3 aromatic rings. The number of carbonyl (C=O) groups is 4. The molecule has 2 heterocycles. The van der Waals surface area contributed by atoms with E-state index in [4.69, 9.17) is 13.9 Å². The van der Waals surface area contributed by atoms with Crippen molar-refractivity contribution in [3.63, 3.8) is 0 Å². The van der Waals surface area contributed by atoms with Crippen molar-refractivity contribution >= 4 is 40.3 Å². The Balaban J connectivity index is 1.46. The Morgan fingerprint density at radius 3 is 2.34 bits per heavy atom. The zero-order valence-corrected chi connectivity index (χ0v) is 17.5. The van der Waals surface area contributed by atoms with E-state index in [9.17, 15) is 19.2 Å². The molecule has 1 aliphatic rings. The fraction of sp³-hybridized carbons (Fsp3) is 0.217. The minimum atomic E-state index is -0.735. The van der Waals surface area contributed by atoms with Gasteiger partial charge in [0.15, 0.2) is 0 Å². The van der Waals surface area contributed by atoms with E-state index < -0.39 is 11.9 Å². The lowest BCUT2D eigenvalue weighted by molar-refractivity contribution is -0.116. The minimum Gasteiger partial charge on any atom is -0.497 e. The van der Waals surface area contributed by atoms with Crippen LogP contribution in [0.2, 0.25) is 0 Å². The van der Waals surface area contributed by atoms with Crippen molar-refractivity contribution in [3.05, 3.63) is 59.4 Å². The topological polar surface area (TPSA) is 115 Å². The molecule has 0 spiro atoms. The third kappa shape index (κ3) is 3.68. The fourth-order valence-electron chi connectivity index (χ4n) is 3.61. The van der Waals surface area contributed by atoms with Crippen LogP contribution in [0.15, 0.2) is 46.9 Å². The SMILES string of the molecule is COC(=O)c1oc2ccc(OC)cc2c1NC(=O)CCCN1C(=O)c2ccccc2C1=O. The van der Waals surface area contributed by atoms with Crippen LogP contribution in [0.25, 0.3) is 11.0 Å². The summed E-state index contributed by atoms with van der Waals surface area (Å²) in [5, 5.41) is 3.17. The van der Waals surface area contributed by atoms with Gasteiger partial charge in [0.25, 0.3) is 11.8 Å². The van der Waals surface area contributed by atoms with E-state index in [2.05, 4.69) is 5.32 Å². The van der Waals surface area contributed by atoms with Crippen LogP contribution < -0.4 is 10.1 Å². The molecule has 0 unspecified atom stereocenters. The van der Waals surface area contributed by atoms with Crippen molar-refractivity contribution in [2.24, 2.45) is 0 Å². The molecule has 0 fully saturated rings. The van der Waals surface area contributed by atoms with Gasteiger partial charge in [-0.2, -0.15) is 0 Å². The van der Waals surface area contributed by atoms with Gasteiger partial charge >= 0.3 is 5.97 Å². The van der Waals surface area contributed by atoms with Crippen LogP contribution in [0.5, 0.6) is 5.75 Å². The highest BCUT2D eigenvalue weighted by molar-refractivity contribution is 6.21. The molecule has 3 amide bonds. The maximum Gasteiger partial charge on any atom is 0.376 e. The first-order valence-electron chi connectivity index (χ1n) is 9.88. The molecule has 1 aromatic heterocycles. The number of esters is 1. The van der Waals surface area contributed by atoms with Crippen LogP contribution in [-0.2, 0) is 9.53 Å². The molecule has 0 aliphatic carbocycles. The van der Waals surface area contributed by atoms with Gasteiger partial charge in [0, 0.05) is 18.4 Å². The number of hydrogen-bond donors (Lipinski definition) is 1. The van der Waals surface area contributed by atoms with E-state index in [1.54, 1.807) is 42.5 Å². The predicted molar refractivity (Wildman–Crippen MR) is 114 cm³/mol. The number of carbonyl (C=O) groups excluding carboxylic acids is 4. The molecular weight excluding hydrogens is 416 g/mol. The number of furan rings is 1. The summed E-state index contributed by atoms with van der Waals surface area (Å²) >= 11 is 0. The molecule has 164 valence electrons. The van der Waals surface area contributed by atoms with Crippen LogP contribution >= 0.6 is 0 Å². The summed E-state index contributed by atoms with van der Waals surface area (Å²) in [5.74, 6) is -1.49. The number of nitrogens with zero attached hydrogens (tertiary/aromatic N) is 1. The predicted octanol–water partition coefficient (Wildman–Crippen LogP) is 3.24. The lowest BCUT2D eigenvalue weighted by Crippen LogP contribution is -2.31. The first-order chi connectivity index (χ1) is 15.4. The van der Waals surface area contributed by atoms with E-state index in [-0.39, 0.29) is 42.6 Å². The minimum absolute atomic E-state index is 0.0185. The van der Waals surface area contributed by atoms with Crippen molar-refractivity contribution in [2.75, 3.05) is 26.1 Å². The number of ether oxygens (including phenoxy) is 2. The van der Waals surface area contributed by atoms with Crippen molar-refractivity contribution in [1.29, 1.82) is 0 Å². The van der Waals surface area contributed by atoms with Gasteiger partial charge in [0.2, 0.25) is 11.7 Å². The lowest BCUT2D eigenvalue weighted by atomic mass is 10.1. The summed E-state index contributed by atoms with van der Waals surface area (Å²) in [6.07, 6.45) is 0.272. The molecule has 9 nitrogen and oxygen atoms in total. The summed E-state index contributed by atoms with van der Waals surface area (Å²) in [5.41, 5.74) is 1.29. The molecule has 1 N–H and O–H groups in total. The summed E-state index contributed by atoms with van der Waals surface area (Å²) in [6, 6.07) is 11.5. The second kappa shape index (κ2) is 8.54. The van der Waals surface area contributed by atoms with E-state index in [1.165, 1.54) is 14.2 Å². The Morgan fingerprint density at radius 1 is 1.03 bits per heavy atom. The number of hydrogen-bond acceptors (Lipinski definition) is 7. The molecule has 4 rings (SSSR count). The molecule has 0 saturated carbocycles. The number of nitrogens with one attached hydrogen (secondary N) is 1. The maximum absolute atomic E-state index is 12.6. The van der Waals surface area contributed by atoms with Gasteiger partial charge < -0.3 is 19.2 Å². The van der Waals surface area contributed by atoms with Crippen molar-refractivity contribution in [1.82, 2.24) is 4.90 Å². The highest BCUT2D eigenvalue weighted by Crippen LogP contribution is 2.34. The Kier molecular flexibility index (Phi) is 5.63. The highest BCUT2D eigenvalue weighted by Gasteiger charge is 2.34. The quantitative estimate of drug-likeness (QED) is 0.447. The smallest absolute Gasteiger partial charge is 0.376 e. The van der Waals surface area contributed by atoms with Crippen LogP contribution in [0.1, 0.15) is 44.1 Å². The van der Waals surface area contributed by atoms with Gasteiger partial charge in [-0.25, -0.2) is 4.79 Å². The van der Waals surface area contributed by atoms with Crippen LogP contribution in [0.3, 0.4) is 0 Å². The van der Waals surface area contributed by atoms with Crippen LogP contribution in [-0.4, -0.2) is 49.4 Å². The van der Waals surface area contributed by atoms with Crippen LogP contribution in [0.4, 0.5) is 5.69 Å². The molecule has 0 saturated heterocycles. The number of fused-ring (bicyclic) bond motifs is 2. The van der Waals surface area contributed by atoms with Gasteiger partial charge in [-0.3, -0.25) is 19.3 Å². The van der Waals surface area contributed by atoms with Gasteiger partial charge in [0.1, 0.15) is 17.0 Å². The van der Waals surface area contributed by atoms with E-state index in [0.717, 1.165) is 4.90 Å². The molecule has 0 bridgehead atoms. The largest absolute Gasteiger partial charge is 0.497 e. The second-order valence-electron chi connectivity index (χ2n) is 7.12. The zero-order chi connectivity index (χ0) is 22.8. The van der Waals surface area contributed by atoms with Crippen molar-refractivity contribution in [3.8, 4) is 5.75 Å². The number of benzene rings is 2. The first-order valence-corrected chi connectivity index (χ1v) is 9.88. The Labute approximate surface area is 182 Å². The van der Waals surface area contributed by atoms with Gasteiger partial charge in [0.05, 0.1) is 25.3 Å². The molecule has 32 heavy (non-hydrogen) atoms. The zero-order valence-electron chi connectivity index (χ0n) is 17.5. The third-order valence-electron chi connectivity index (χ3n) is 5.19. The van der Waals surface area contributed by atoms with Gasteiger partial charge in [-0.15, -0.1) is 0 Å². The van der Waals surface area contributed by atoms with Gasteiger partial charge in [-0.1, -0.05) is 12.1 Å². The number of anilines is 1. The number of methoxy groups -OCH3 is 2. The Hall–Kier alpha value is -4.14. The fourth-order valence-corrected chi connectivity index (χ4v) is 3.61. The average molecular weight is 436 g/mol. The standard InChI is InChI=1S/C23H20N2O7/c1-30-13-9-10-17-16(12-13)19(20(32-17)23(29)31-2)24-18(26)8-5-11-25-21(27)14-6-3-4-7-15(14)22(25)28/h3-4,6-7,9-10,12H,5,8,11H2,1-2H3,(H,24,26). The number of amides is 3. The summed E-state index contributed by atoms with van der Waals surface area (Å²) in [4.78, 5) is 50.7. The summed E-state index contributed by atoms with van der Waals surface area (Å²) in [7, 11) is 2.71. The first kappa shape index (κ1) is 21.1. The Morgan fingerprint density at radius 2 is 1.72 bits per heavy atom. The van der Waals surface area contributed by atoms with Crippen molar-refractivity contribution < 1.29 is 33.1 Å². The molecule has 0 atom stereocenters. The Bertz CT molecular complexity index is 1210. The number of imide groups is 1. The van der Waals surface area contributed by atoms with Crippen LogP contribution in [0, 0.1) is 0 Å². The highest BCUT2D eigenvalue weighted by atomic mass is 16.5. The van der Waals surface area contributed by atoms with E-state index in [1.807, 2.05) is 0 Å². The van der Waals surface area contributed by atoms with E-state index in [0.29, 0.717) is 27.8 Å². The maximum atomic E-state index is 12.6. The second-order valence-corrected chi connectivity index (χ2v) is 7.12. The van der Waals surface area contributed by atoms with Crippen molar-refractivity contribution in [2.45, 2.75) is 12.8 Å².